The van der Waals surface area contributed by atoms with Gasteiger partial charge in [0.1, 0.15) is 5.75 Å². The molecule has 2 aromatic carbocycles. The largest absolute Gasteiger partial charge is 0.508 e. The summed E-state index contributed by atoms with van der Waals surface area (Å²) < 4.78 is 0. The van der Waals surface area contributed by atoms with Crippen LogP contribution in [-0.2, 0) is 15.0 Å². The molecule has 1 aliphatic heterocycles. The molecule has 1 aliphatic rings. The normalized spacial score (nSPS) is 16.6. The van der Waals surface area contributed by atoms with Gasteiger partial charge in [0.15, 0.2) is 0 Å². The van der Waals surface area contributed by atoms with Crippen molar-refractivity contribution in [2.75, 3.05) is 25.9 Å². The van der Waals surface area contributed by atoms with Crippen LogP contribution in [0.4, 0.5) is 10.5 Å². The minimum Gasteiger partial charge on any atom is -0.508 e. The Balaban J connectivity index is 0.000000560. The fourth-order valence-electron chi connectivity index (χ4n) is 3.85. The molecule has 0 aromatic heterocycles. The summed E-state index contributed by atoms with van der Waals surface area (Å²) in [5.74, 6) is -3.05. The molecule has 0 radical (unpaired) electrons. The zero-order chi connectivity index (χ0) is 30.0. The molecule has 0 aliphatic carbocycles. The van der Waals surface area contributed by atoms with Crippen LogP contribution in [0, 0.1) is 0 Å². The molecular weight excluding hydrogens is 510 g/mol. The van der Waals surface area contributed by atoms with Crippen LogP contribution in [-0.4, -0.2) is 74.6 Å². The van der Waals surface area contributed by atoms with E-state index in [2.05, 4.69) is 30.7 Å². The van der Waals surface area contributed by atoms with Crippen molar-refractivity contribution in [1.82, 2.24) is 4.90 Å². The van der Waals surface area contributed by atoms with Crippen LogP contribution in [0.2, 0.25) is 0 Å². The topological polar surface area (TPSA) is 225 Å². The lowest BCUT2D eigenvalue weighted by atomic mass is 9.74. The van der Waals surface area contributed by atoms with E-state index in [0.717, 1.165) is 13.0 Å². The van der Waals surface area contributed by atoms with E-state index in [9.17, 15) is 19.5 Å². The average Bonchev–Trinajstić information content (AvgIpc) is 3.05. The number of aromatic carboxylic acids is 1. The van der Waals surface area contributed by atoms with E-state index in [0.29, 0.717) is 23.6 Å². The maximum absolute atomic E-state index is 10.3. The van der Waals surface area contributed by atoms with Crippen molar-refractivity contribution < 1.29 is 44.7 Å². The predicted octanol–water partition coefficient (Wildman–Crippen LogP) is 3.46. The Morgan fingerprint density at radius 3 is 1.92 bits per heavy atom. The third-order valence-corrected chi connectivity index (χ3v) is 5.68. The van der Waals surface area contributed by atoms with Gasteiger partial charge in [0, 0.05) is 29.8 Å². The summed E-state index contributed by atoms with van der Waals surface area (Å²) in [6.45, 7) is 4.57. The summed E-state index contributed by atoms with van der Waals surface area (Å²) >= 11 is 0. The molecule has 2 aromatic rings. The zero-order valence-electron chi connectivity index (χ0n) is 22.0. The lowest BCUT2D eigenvalue weighted by Gasteiger charge is -2.35. The van der Waals surface area contributed by atoms with E-state index in [1.54, 1.807) is 18.2 Å². The molecule has 3 rings (SSSR count). The second-order valence-corrected chi connectivity index (χ2v) is 8.65. The molecule has 1 amide bonds. The first-order valence-corrected chi connectivity index (χ1v) is 11.9. The summed E-state index contributed by atoms with van der Waals surface area (Å²) in [5, 5.41) is 40.9. The van der Waals surface area contributed by atoms with E-state index >= 15 is 0 Å². The number of nitrogen functional groups attached to an aromatic ring is 1. The van der Waals surface area contributed by atoms with E-state index in [4.69, 9.17) is 31.0 Å². The lowest BCUT2D eigenvalue weighted by Crippen LogP contribution is -2.37. The van der Waals surface area contributed by atoms with E-state index < -0.39 is 24.0 Å². The van der Waals surface area contributed by atoms with Crippen LogP contribution in [0.5, 0.6) is 5.75 Å². The van der Waals surface area contributed by atoms with E-state index in [1.165, 1.54) is 43.5 Å². The minimum absolute atomic E-state index is 0.226. The highest BCUT2D eigenvalue weighted by Crippen LogP contribution is 2.37. The monoisotopic (exact) mass is 547 g/mol. The number of likely N-dealkylation sites (tertiary alicyclic amines) is 1. The van der Waals surface area contributed by atoms with Gasteiger partial charge in [-0.25, -0.2) is 19.2 Å². The smallest absolute Gasteiger partial charge is 0.402 e. The fraction of sp³-hybridized carbons (Fsp3) is 0.333. The number of nitrogens with zero attached hydrogens (tertiary/aromatic N) is 1. The molecule has 214 valence electrons. The van der Waals surface area contributed by atoms with Crippen molar-refractivity contribution in [1.29, 1.82) is 0 Å². The van der Waals surface area contributed by atoms with Crippen LogP contribution in [0.1, 0.15) is 48.5 Å². The van der Waals surface area contributed by atoms with Gasteiger partial charge in [-0.2, -0.15) is 0 Å². The lowest BCUT2D eigenvalue weighted by molar-refractivity contribution is -0.134. The van der Waals surface area contributed by atoms with Crippen molar-refractivity contribution >= 4 is 29.7 Å². The third kappa shape index (κ3) is 15.3. The standard InChI is InChI=1S/C15H23NO.C7H7NO2.C4H4O4.CH3NO2/c1-3-15(9-4-5-10-16(2)12-15)13-7-6-8-14(17)11-13;8-6-3-1-5(2-4-6)7(9)10;5-3(6)1-2-4(7)8;2-1(3)4/h6-8,11,17H,3-5,9-10,12H2,1-2H3;1-4H,8H2,(H,9,10);1-2H,(H,5,6)(H,7,8);2H2,(H,3,4)/b;;2-1-;. The third-order valence-electron chi connectivity index (χ3n) is 5.68. The van der Waals surface area contributed by atoms with Gasteiger partial charge >= 0.3 is 24.0 Å². The molecule has 12 nitrogen and oxygen atoms in total. The molecule has 1 heterocycles. The number of carboxylic acid groups (broad SMARTS) is 4. The number of rotatable bonds is 5. The van der Waals surface area contributed by atoms with Gasteiger partial charge < -0.3 is 41.9 Å². The fourth-order valence-corrected chi connectivity index (χ4v) is 3.85. The number of nitrogens with two attached hydrogens (primary N) is 2. The zero-order valence-corrected chi connectivity index (χ0v) is 22.0. The second kappa shape index (κ2) is 17.8. The number of benzene rings is 2. The van der Waals surface area contributed by atoms with E-state index in [1.807, 2.05) is 12.1 Å². The first kappa shape index (κ1) is 34.4. The average molecular weight is 548 g/mol. The number of carbonyl (C=O) groups is 4. The number of hydrogen-bond acceptors (Lipinski definition) is 7. The van der Waals surface area contributed by atoms with Crippen LogP contribution >= 0.6 is 0 Å². The summed E-state index contributed by atoms with van der Waals surface area (Å²) in [4.78, 5) is 40.6. The van der Waals surface area contributed by atoms with Gasteiger partial charge in [-0.3, -0.25) is 0 Å². The van der Waals surface area contributed by atoms with Crippen LogP contribution in [0.3, 0.4) is 0 Å². The number of hydrogen-bond donors (Lipinski definition) is 7. The number of amides is 1. The Kier molecular flexibility index (Phi) is 15.7. The molecule has 0 bridgehead atoms. The molecular formula is C27H37N3O9. The molecule has 39 heavy (non-hydrogen) atoms. The van der Waals surface area contributed by atoms with E-state index in [-0.39, 0.29) is 11.0 Å². The Hall–Kier alpha value is -4.58. The molecule has 0 saturated carbocycles. The quantitative estimate of drug-likeness (QED) is 0.212. The van der Waals surface area contributed by atoms with Crippen LogP contribution in [0.25, 0.3) is 0 Å². The molecule has 1 atom stereocenters. The highest BCUT2D eigenvalue weighted by Gasteiger charge is 2.33. The second-order valence-electron chi connectivity index (χ2n) is 8.65. The summed E-state index contributed by atoms with van der Waals surface area (Å²) in [7, 11) is 2.21. The van der Waals surface area contributed by atoms with Gasteiger partial charge in [-0.1, -0.05) is 25.5 Å². The van der Waals surface area contributed by atoms with Crippen molar-refractivity contribution in [2.45, 2.75) is 38.0 Å². The number of primary amides is 1. The van der Waals surface area contributed by atoms with Gasteiger partial charge in [-0.05, 0) is 74.8 Å². The van der Waals surface area contributed by atoms with Gasteiger partial charge in [0.2, 0.25) is 0 Å². The molecule has 1 saturated heterocycles. The molecule has 9 N–H and O–H groups in total. The maximum atomic E-state index is 10.3. The number of carboxylic acids is 3. The molecule has 1 unspecified atom stereocenters. The Labute approximate surface area is 226 Å². The van der Waals surface area contributed by atoms with Gasteiger partial charge in [0.25, 0.3) is 0 Å². The predicted molar refractivity (Wildman–Crippen MR) is 146 cm³/mol. The summed E-state index contributed by atoms with van der Waals surface area (Å²) in [5.41, 5.74) is 11.7. The van der Waals surface area contributed by atoms with Crippen LogP contribution in [0.15, 0.2) is 60.7 Å². The SMILES string of the molecule is CCC1(c2cccc(O)c2)CCCCN(C)C1.NC(=O)O.Nc1ccc(C(=O)O)cc1.O=C(O)/C=C\C(=O)O. The number of aromatic hydroxyl groups is 1. The summed E-state index contributed by atoms with van der Waals surface area (Å²) in [6.07, 6.45) is 4.73. The Morgan fingerprint density at radius 2 is 1.49 bits per heavy atom. The van der Waals surface area contributed by atoms with Gasteiger partial charge in [0.05, 0.1) is 5.56 Å². The number of phenols is 1. The van der Waals surface area contributed by atoms with Crippen molar-refractivity contribution in [2.24, 2.45) is 5.73 Å². The first-order chi connectivity index (χ1) is 18.2. The Bertz CT molecular complexity index is 1080. The highest BCUT2D eigenvalue weighted by atomic mass is 16.4. The summed E-state index contributed by atoms with van der Waals surface area (Å²) in [6, 6.07) is 13.9. The number of phenolic OH excluding ortho intramolecular Hbond substituents is 1. The van der Waals surface area contributed by atoms with Crippen LogP contribution < -0.4 is 11.5 Å². The molecule has 1 fully saturated rings. The Morgan fingerprint density at radius 1 is 0.949 bits per heavy atom. The maximum Gasteiger partial charge on any atom is 0.402 e. The van der Waals surface area contributed by atoms with Gasteiger partial charge in [-0.15, -0.1) is 0 Å². The van der Waals surface area contributed by atoms with Crippen molar-refractivity contribution in [3.05, 3.63) is 71.8 Å². The number of likely N-dealkylation sites (N-methyl/N-ethyl adjacent to an activating group) is 1. The van der Waals surface area contributed by atoms with Crippen molar-refractivity contribution in [3.63, 3.8) is 0 Å². The highest BCUT2D eigenvalue weighted by molar-refractivity contribution is 5.89. The number of aliphatic carboxylic acids is 2. The minimum atomic E-state index is -1.33. The number of anilines is 1. The molecule has 12 heteroatoms. The van der Waals surface area contributed by atoms with Crippen molar-refractivity contribution in [3.8, 4) is 5.75 Å². The first-order valence-electron chi connectivity index (χ1n) is 11.9. The molecule has 0 spiro atoms.